The number of rotatable bonds is 7. The molecule has 0 atom stereocenters. The van der Waals surface area contributed by atoms with Crippen molar-refractivity contribution in [3.8, 4) is 11.1 Å². The van der Waals surface area contributed by atoms with Gasteiger partial charge in [0.2, 0.25) is 0 Å². The molecule has 10 aromatic carbocycles. The first-order valence-electron chi connectivity index (χ1n) is 19.4. The van der Waals surface area contributed by atoms with Crippen LogP contribution in [0, 0.1) is 0 Å². The monoisotopic (exact) mass is 728 g/mol. The van der Waals surface area contributed by atoms with Crippen LogP contribution in [0.15, 0.2) is 223 Å². The zero-order chi connectivity index (χ0) is 37.7. The van der Waals surface area contributed by atoms with E-state index in [0.717, 1.165) is 78.0 Å². The molecule has 0 fully saturated rings. The van der Waals surface area contributed by atoms with E-state index in [2.05, 4.69) is 228 Å². The molecule has 0 bridgehead atoms. The normalized spacial score (nSPS) is 11.5. The van der Waals surface area contributed by atoms with Gasteiger partial charge in [-0.15, -0.1) is 0 Å². The Morgan fingerprint density at radius 1 is 0.298 bits per heavy atom. The molecule has 0 amide bonds. The molecule has 0 N–H and O–H groups in total. The molecule has 0 aliphatic heterocycles. The second-order valence-electron chi connectivity index (χ2n) is 14.5. The van der Waals surface area contributed by atoms with Gasteiger partial charge >= 0.3 is 0 Å². The lowest BCUT2D eigenvalue weighted by Crippen LogP contribution is -2.10. The lowest BCUT2D eigenvalue weighted by Gasteiger charge is -2.27. The maximum atomic E-state index is 6.92. The van der Waals surface area contributed by atoms with Crippen molar-refractivity contribution in [1.29, 1.82) is 0 Å². The molecule has 0 aliphatic carbocycles. The van der Waals surface area contributed by atoms with Crippen molar-refractivity contribution < 1.29 is 4.42 Å². The Balaban J connectivity index is 1.04. The highest BCUT2D eigenvalue weighted by atomic mass is 16.3. The molecular formula is C54H36N2O. The van der Waals surface area contributed by atoms with Crippen LogP contribution in [-0.4, -0.2) is 0 Å². The second-order valence-corrected chi connectivity index (χ2v) is 14.5. The summed E-state index contributed by atoms with van der Waals surface area (Å²) in [4.78, 5) is 4.66. The largest absolute Gasteiger partial charge is 0.455 e. The van der Waals surface area contributed by atoms with Gasteiger partial charge < -0.3 is 14.2 Å². The van der Waals surface area contributed by atoms with Gasteiger partial charge in [0.1, 0.15) is 11.2 Å². The summed E-state index contributed by atoms with van der Waals surface area (Å²) < 4.78 is 6.92. The fraction of sp³-hybridized carbons (Fsp3) is 0. The first-order chi connectivity index (χ1) is 28.3. The van der Waals surface area contributed by atoms with E-state index in [-0.39, 0.29) is 0 Å². The maximum Gasteiger partial charge on any atom is 0.143 e. The quantitative estimate of drug-likeness (QED) is 0.152. The van der Waals surface area contributed by atoms with Crippen LogP contribution in [0.5, 0.6) is 0 Å². The van der Waals surface area contributed by atoms with Crippen molar-refractivity contribution in [2.75, 3.05) is 9.80 Å². The summed E-state index contributed by atoms with van der Waals surface area (Å²) in [5, 5.41) is 9.34. The molecule has 0 radical (unpaired) electrons. The van der Waals surface area contributed by atoms with Crippen LogP contribution in [-0.2, 0) is 0 Å². The summed E-state index contributed by atoms with van der Waals surface area (Å²) in [6.07, 6.45) is 0. The van der Waals surface area contributed by atoms with Crippen molar-refractivity contribution in [2.24, 2.45) is 0 Å². The summed E-state index contributed by atoms with van der Waals surface area (Å²) in [5.74, 6) is 0. The van der Waals surface area contributed by atoms with Crippen LogP contribution >= 0.6 is 0 Å². The molecule has 57 heavy (non-hydrogen) atoms. The molecule has 0 spiro atoms. The molecule has 1 heterocycles. The van der Waals surface area contributed by atoms with Crippen molar-refractivity contribution in [2.45, 2.75) is 0 Å². The van der Waals surface area contributed by atoms with E-state index in [1.54, 1.807) is 0 Å². The minimum absolute atomic E-state index is 0.880. The smallest absolute Gasteiger partial charge is 0.143 e. The number of nitrogens with zero attached hydrogens (tertiary/aromatic N) is 2. The summed E-state index contributed by atoms with van der Waals surface area (Å²) in [6, 6.07) is 77.9. The fourth-order valence-corrected chi connectivity index (χ4v) is 8.57. The molecule has 268 valence electrons. The topological polar surface area (TPSA) is 19.6 Å². The number of fused-ring (bicyclic) bond motifs is 9. The first-order valence-corrected chi connectivity index (χ1v) is 19.4. The average Bonchev–Trinajstić information content (AvgIpc) is 3.68. The van der Waals surface area contributed by atoms with E-state index in [4.69, 9.17) is 4.42 Å². The first kappa shape index (κ1) is 32.8. The van der Waals surface area contributed by atoms with Crippen LogP contribution in [0.4, 0.5) is 34.1 Å². The van der Waals surface area contributed by atoms with Crippen molar-refractivity contribution in [3.63, 3.8) is 0 Å². The number of furan rings is 1. The van der Waals surface area contributed by atoms with E-state index in [0.29, 0.717) is 0 Å². The van der Waals surface area contributed by atoms with E-state index >= 15 is 0 Å². The Hall–Kier alpha value is -7.62. The molecule has 0 saturated heterocycles. The highest BCUT2D eigenvalue weighted by molar-refractivity contribution is 6.30. The Labute approximate surface area is 330 Å². The average molecular weight is 729 g/mol. The van der Waals surface area contributed by atoms with E-state index in [1.807, 2.05) is 0 Å². The molecular weight excluding hydrogens is 693 g/mol. The van der Waals surface area contributed by atoms with Crippen LogP contribution < -0.4 is 9.80 Å². The second kappa shape index (κ2) is 13.6. The van der Waals surface area contributed by atoms with Gasteiger partial charge in [0.25, 0.3) is 0 Å². The van der Waals surface area contributed by atoms with E-state index in [9.17, 15) is 0 Å². The Kier molecular flexibility index (Phi) is 7.82. The highest BCUT2D eigenvalue weighted by Gasteiger charge is 2.20. The standard InChI is InChI=1S/C54H36N2O/c1-4-17-40(18-5-1)55(41-19-6-2-7-20-41)43-30-27-37(28-31-43)39-29-33-49-52(35-39)57-54-48-34-32-44(36-50(48)46-24-12-13-25-47(46)53(49)54)56(42-21-8-3-9-22-42)51-26-14-16-38-15-10-11-23-45(38)51/h1-36H. The molecule has 0 unspecified atom stereocenters. The fourth-order valence-electron chi connectivity index (χ4n) is 8.57. The molecule has 11 aromatic rings. The lowest BCUT2D eigenvalue weighted by molar-refractivity contribution is 0.673. The zero-order valence-corrected chi connectivity index (χ0v) is 31.1. The van der Waals surface area contributed by atoms with Crippen LogP contribution in [0.3, 0.4) is 0 Å². The van der Waals surface area contributed by atoms with Crippen molar-refractivity contribution >= 4 is 88.4 Å². The Morgan fingerprint density at radius 2 is 0.825 bits per heavy atom. The molecule has 3 heteroatoms. The predicted octanol–water partition coefficient (Wildman–Crippen LogP) is 15.7. The Morgan fingerprint density at radius 3 is 1.53 bits per heavy atom. The predicted molar refractivity (Wildman–Crippen MR) is 241 cm³/mol. The van der Waals surface area contributed by atoms with Gasteiger partial charge in [0, 0.05) is 50.0 Å². The van der Waals surface area contributed by atoms with Gasteiger partial charge in [-0.25, -0.2) is 0 Å². The van der Waals surface area contributed by atoms with Crippen LogP contribution in [0.25, 0.3) is 65.4 Å². The third kappa shape index (κ3) is 5.60. The van der Waals surface area contributed by atoms with Gasteiger partial charge in [-0.2, -0.15) is 0 Å². The minimum atomic E-state index is 0.880. The van der Waals surface area contributed by atoms with Gasteiger partial charge in [-0.3, -0.25) is 0 Å². The van der Waals surface area contributed by atoms with Crippen LogP contribution in [0.2, 0.25) is 0 Å². The molecule has 0 saturated carbocycles. The molecule has 3 nitrogen and oxygen atoms in total. The number of hydrogen-bond acceptors (Lipinski definition) is 3. The Bertz CT molecular complexity index is 3180. The van der Waals surface area contributed by atoms with Crippen molar-refractivity contribution in [1.82, 2.24) is 0 Å². The number of benzene rings is 10. The summed E-state index contributed by atoms with van der Waals surface area (Å²) in [7, 11) is 0. The van der Waals surface area contributed by atoms with Gasteiger partial charge in [-0.05, 0) is 118 Å². The molecule has 0 aliphatic rings. The number of anilines is 6. The highest BCUT2D eigenvalue weighted by Crippen LogP contribution is 2.45. The van der Waals surface area contributed by atoms with Gasteiger partial charge in [-0.1, -0.05) is 133 Å². The SMILES string of the molecule is c1ccc(N(c2ccccc2)c2ccc(-c3ccc4c(c3)oc3c5ccc(N(c6ccccc6)c6cccc7ccccc67)cc5c5ccccc5c43)cc2)cc1. The van der Waals surface area contributed by atoms with E-state index < -0.39 is 0 Å². The summed E-state index contributed by atoms with van der Waals surface area (Å²) >= 11 is 0. The lowest BCUT2D eigenvalue weighted by atomic mass is 9.95. The summed E-state index contributed by atoms with van der Waals surface area (Å²) in [6.45, 7) is 0. The molecule has 11 rings (SSSR count). The maximum absolute atomic E-state index is 6.92. The number of para-hydroxylation sites is 3. The van der Waals surface area contributed by atoms with Crippen LogP contribution in [0.1, 0.15) is 0 Å². The molecule has 1 aromatic heterocycles. The number of hydrogen-bond donors (Lipinski definition) is 0. The van der Waals surface area contributed by atoms with Crippen molar-refractivity contribution in [3.05, 3.63) is 218 Å². The zero-order valence-electron chi connectivity index (χ0n) is 31.1. The third-order valence-electron chi connectivity index (χ3n) is 11.2. The third-order valence-corrected chi connectivity index (χ3v) is 11.2. The summed E-state index contributed by atoms with van der Waals surface area (Å²) in [5.41, 5.74) is 10.7. The van der Waals surface area contributed by atoms with E-state index in [1.165, 1.54) is 21.5 Å². The van der Waals surface area contributed by atoms with Gasteiger partial charge in [0.05, 0.1) is 5.69 Å². The van der Waals surface area contributed by atoms with Gasteiger partial charge in [0.15, 0.2) is 0 Å². The minimum Gasteiger partial charge on any atom is -0.455 e.